The second kappa shape index (κ2) is 5.23. The van der Waals surface area contributed by atoms with Crippen molar-refractivity contribution in [2.24, 2.45) is 0 Å². The Bertz CT molecular complexity index is 364. The molecule has 2 unspecified atom stereocenters. The average Bonchev–Trinajstić information content (AvgIpc) is 2.78. The summed E-state index contributed by atoms with van der Waals surface area (Å²) in [6, 6.07) is 4.67. The van der Waals surface area contributed by atoms with Crippen molar-refractivity contribution in [1.29, 1.82) is 0 Å². The van der Waals surface area contributed by atoms with Crippen LogP contribution in [-0.2, 0) is 6.42 Å². The number of benzene rings is 1. The molecule has 88 valence electrons. The van der Waals surface area contributed by atoms with Crippen LogP contribution in [0.15, 0.2) is 22.7 Å². The van der Waals surface area contributed by atoms with E-state index in [9.17, 15) is 8.78 Å². The molecule has 2 atom stereocenters. The molecule has 0 radical (unpaired) electrons. The summed E-state index contributed by atoms with van der Waals surface area (Å²) >= 11 is 3.16. The highest BCUT2D eigenvalue weighted by molar-refractivity contribution is 9.10. The van der Waals surface area contributed by atoms with Crippen molar-refractivity contribution in [2.45, 2.75) is 31.5 Å². The minimum Gasteiger partial charge on any atom is -0.311 e. The Balaban J connectivity index is 2.05. The molecule has 1 fully saturated rings. The van der Waals surface area contributed by atoms with Crippen LogP contribution < -0.4 is 5.32 Å². The Morgan fingerprint density at radius 3 is 3.00 bits per heavy atom. The normalized spacial score (nSPS) is 22.3. The summed E-state index contributed by atoms with van der Waals surface area (Å²) in [5.41, 5.74) is 0.696. The van der Waals surface area contributed by atoms with Crippen LogP contribution in [0.5, 0.6) is 0 Å². The van der Waals surface area contributed by atoms with Crippen molar-refractivity contribution in [3.05, 3.63) is 34.1 Å². The third-order valence-corrected chi connectivity index (χ3v) is 3.87. The maximum absolute atomic E-state index is 13.9. The zero-order valence-electron chi connectivity index (χ0n) is 8.85. The number of halogens is 3. The van der Waals surface area contributed by atoms with Crippen LogP contribution in [-0.4, -0.2) is 18.8 Å². The van der Waals surface area contributed by atoms with Gasteiger partial charge in [0.2, 0.25) is 0 Å². The second-order valence-electron chi connectivity index (χ2n) is 4.14. The highest BCUT2D eigenvalue weighted by Crippen LogP contribution is 2.24. The maximum atomic E-state index is 13.9. The molecule has 4 heteroatoms. The molecule has 0 saturated carbocycles. The molecule has 0 aliphatic carbocycles. The van der Waals surface area contributed by atoms with E-state index in [0.29, 0.717) is 10.0 Å². The quantitative estimate of drug-likeness (QED) is 0.901. The van der Waals surface area contributed by atoms with Crippen LogP contribution in [0.2, 0.25) is 0 Å². The highest BCUT2D eigenvalue weighted by Gasteiger charge is 2.25. The predicted octanol–water partition coefficient (Wildman–Crippen LogP) is 3.22. The van der Waals surface area contributed by atoms with Gasteiger partial charge in [0.05, 0.1) is 4.47 Å². The van der Waals surface area contributed by atoms with E-state index in [-0.39, 0.29) is 18.3 Å². The van der Waals surface area contributed by atoms with Crippen LogP contribution in [0.3, 0.4) is 0 Å². The highest BCUT2D eigenvalue weighted by atomic mass is 79.9. The van der Waals surface area contributed by atoms with Crippen LogP contribution in [0.4, 0.5) is 8.78 Å². The van der Waals surface area contributed by atoms with Gasteiger partial charge in [0.15, 0.2) is 0 Å². The average molecular weight is 290 g/mol. The molecule has 1 saturated heterocycles. The van der Waals surface area contributed by atoms with Gasteiger partial charge in [-0.25, -0.2) is 8.78 Å². The molecule has 1 aromatic carbocycles. The predicted molar refractivity (Wildman–Crippen MR) is 63.7 cm³/mol. The summed E-state index contributed by atoms with van der Waals surface area (Å²) in [4.78, 5) is 0. The van der Waals surface area contributed by atoms with Gasteiger partial charge in [-0.3, -0.25) is 0 Å². The fourth-order valence-corrected chi connectivity index (χ4v) is 2.50. The van der Waals surface area contributed by atoms with Crippen LogP contribution in [0, 0.1) is 5.82 Å². The Morgan fingerprint density at radius 2 is 2.31 bits per heavy atom. The maximum Gasteiger partial charge on any atom is 0.137 e. The molecule has 1 aliphatic rings. The van der Waals surface area contributed by atoms with Gasteiger partial charge < -0.3 is 5.32 Å². The Labute approximate surface area is 102 Å². The molecular weight excluding hydrogens is 276 g/mol. The third-order valence-electron chi connectivity index (χ3n) is 2.98. The standard InChI is InChI=1S/C12H14BrF2N/c13-12-8(3-1-4-9(12)14)7-10(15)11-5-2-6-16-11/h1,3-4,10-11,16H,2,5-7H2. The molecule has 1 heterocycles. The minimum atomic E-state index is -0.944. The molecule has 0 spiro atoms. The van der Waals surface area contributed by atoms with Crippen molar-refractivity contribution in [3.8, 4) is 0 Å². The fourth-order valence-electron chi connectivity index (χ4n) is 2.08. The van der Waals surface area contributed by atoms with Crippen LogP contribution >= 0.6 is 15.9 Å². The minimum absolute atomic E-state index is 0.0739. The van der Waals surface area contributed by atoms with Crippen molar-refractivity contribution >= 4 is 15.9 Å². The number of alkyl halides is 1. The van der Waals surface area contributed by atoms with Crippen LogP contribution in [0.1, 0.15) is 18.4 Å². The summed E-state index contributed by atoms with van der Waals surface area (Å²) in [7, 11) is 0. The van der Waals surface area contributed by atoms with E-state index in [1.807, 2.05) is 0 Å². The summed E-state index contributed by atoms with van der Waals surface area (Å²) in [5, 5.41) is 3.13. The fraction of sp³-hybridized carbons (Fsp3) is 0.500. The lowest BCUT2D eigenvalue weighted by Crippen LogP contribution is -2.33. The Morgan fingerprint density at radius 1 is 1.50 bits per heavy atom. The zero-order chi connectivity index (χ0) is 11.5. The van der Waals surface area contributed by atoms with Gasteiger partial charge >= 0.3 is 0 Å². The van der Waals surface area contributed by atoms with E-state index in [1.54, 1.807) is 12.1 Å². The van der Waals surface area contributed by atoms with Gasteiger partial charge in [-0.1, -0.05) is 12.1 Å². The summed E-state index contributed by atoms with van der Waals surface area (Å²) < 4.78 is 27.5. The smallest absolute Gasteiger partial charge is 0.137 e. The lowest BCUT2D eigenvalue weighted by Gasteiger charge is -2.16. The first-order chi connectivity index (χ1) is 7.68. The van der Waals surface area contributed by atoms with Gasteiger partial charge in [0, 0.05) is 12.5 Å². The van der Waals surface area contributed by atoms with E-state index in [4.69, 9.17) is 0 Å². The monoisotopic (exact) mass is 289 g/mol. The van der Waals surface area contributed by atoms with Crippen LogP contribution in [0.25, 0.3) is 0 Å². The molecule has 2 rings (SSSR count). The lowest BCUT2D eigenvalue weighted by molar-refractivity contribution is 0.263. The van der Waals surface area contributed by atoms with Gasteiger partial charge in [-0.15, -0.1) is 0 Å². The first-order valence-corrected chi connectivity index (χ1v) is 6.28. The lowest BCUT2D eigenvalue weighted by atomic mass is 10.0. The van der Waals surface area contributed by atoms with Crippen molar-refractivity contribution in [1.82, 2.24) is 5.32 Å². The number of nitrogens with one attached hydrogen (secondary N) is 1. The molecule has 0 bridgehead atoms. The summed E-state index contributed by atoms with van der Waals surface area (Å²) in [6.07, 6.45) is 1.21. The van der Waals surface area contributed by atoms with E-state index < -0.39 is 6.17 Å². The van der Waals surface area contributed by atoms with Gasteiger partial charge in [-0.05, 0) is 46.9 Å². The molecule has 0 amide bonds. The van der Waals surface area contributed by atoms with Crippen molar-refractivity contribution < 1.29 is 8.78 Å². The topological polar surface area (TPSA) is 12.0 Å². The SMILES string of the molecule is Fc1cccc(CC(F)C2CCCN2)c1Br. The van der Waals surface area contributed by atoms with E-state index in [1.165, 1.54) is 6.07 Å². The zero-order valence-corrected chi connectivity index (χ0v) is 10.4. The molecule has 1 aromatic rings. The molecule has 0 aromatic heterocycles. The first-order valence-electron chi connectivity index (χ1n) is 5.49. The van der Waals surface area contributed by atoms with Gasteiger partial charge in [0.25, 0.3) is 0 Å². The van der Waals surface area contributed by atoms with Gasteiger partial charge in [-0.2, -0.15) is 0 Å². The summed E-state index contributed by atoms with van der Waals surface area (Å²) in [6.45, 7) is 0.884. The Hall–Kier alpha value is -0.480. The molecule has 16 heavy (non-hydrogen) atoms. The van der Waals surface area contributed by atoms with E-state index in [0.717, 1.165) is 19.4 Å². The van der Waals surface area contributed by atoms with E-state index >= 15 is 0 Å². The molecule has 1 N–H and O–H groups in total. The van der Waals surface area contributed by atoms with Gasteiger partial charge in [0.1, 0.15) is 12.0 Å². The number of hydrogen-bond donors (Lipinski definition) is 1. The van der Waals surface area contributed by atoms with Crippen molar-refractivity contribution in [2.75, 3.05) is 6.54 Å². The van der Waals surface area contributed by atoms with Crippen molar-refractivity contribution in [3.63, 3.8) is 0 Å². The largest absolute Gasteiger partial charge is 0.311 e. The second-order valence-corrected chi connectivity index (χ2v) is 4.93. The molecule has 1 nitrogen and oxygen atoms in total. The third kappa shape index (κ3) is 2.61. The molecule has 1 aliphatic heterocycles. The Kier molecular flexibility index (Phi) is 3.92. The number of hydrogen-bond acceptors (Lipinski definition) is 1. The first kappa shape index (κ1) is 12.0. The summed E-state index contributed by atoms with van der Waals surface area (Å²) in [5.74, 6) is -0.330. The number of rotatable bonds is 3. The molecular formula is C12H14BrF2N. The van der Waals surface area contributed by atoms with E-state index in [2.05, 4.69) is 21.2 Å².